The van der Waals surface area contributed by atoms with Crippen molar-refractivity contribution in [1.29, 1.82) is 0 Å². The maximum atomic E-state index is 8.45. The van der Waals surface area contributed by atoms with E-state index in [1.807, 2.05) is 13.0 Å². The minimum absolute atomic E-state index is 0.841. The number of aryl methyl sites for hydroxylation is 1. The Morgan fingerprint density at radius 2 is 2.13 bits per heavy atom. The van der Waals surface area contributed by atoms with E-state index in [9.17, 15) is 0 Å². The number of nitrogens with zero attached hydrogens (tertiary/aromatic N) is 3. The summed E-state index contributed by atoms with van der Waals surface area (Å²) < 4.78 is 0. The van der Waals surface area contributed by atoms with Crippen LogP contribution in [-0.4, -0.2) is 29.5 Å². The molecule has 15 heavy (non-hydrogen) atoms. The third-order valence-corrected chi connectivity index (χ3v) is 2.42. The Morgan fingerprint density at radius 1 is 1.47 bits per heavy atom. The standard InChI is InChI=1S/C11H17N3O/c1-4-14(5-2)11-6-9(3)10(7-12-11)8-13-15/h6-8,15H,4-5H2,1-3H3/b13-8-. The minimum atomic E-state index is 0.841. The molecule has 0 amide bonds. The highest BCUT2D eigenvalue weighted by Gasteiger charge is 2.05. The van der Waals surface area contributed by atoms with Crippen molar-refractivity contribution < 1.29 is 5.21 Å². The molecule has 4 heteroatoms. The first-order valence-corrected chi connectivity index (χ1v) is 5.11. The smallest absolute Gasteiger partial charge is 0.128 e. The molecule has 0 aliphatic rings. The molecular weight excluding hydrogens is 190 g/mol. The van der Waals surface area contributed by atoms with Gasteiger partial charge in [0.15, 0.2) is 0 Å². The van der Waals surface area contributed by atoms with Crippen LogP contribution in [0.5, 0.6) is 0 Å². The summed E-state index contributed by atoms with van der Waals surface area (Å²) in [5, 5.41) is 11.4. The van der Waals surface area contributed by atoms with E-state index in [-0.39, 0.29) is 0 Å². The summed E-state index contributed by atoms with van der Waals surface area (Å²) in [6.07, 6.45) is 3.12. The predicted octanol–water partition coefficient (Wildman–Crippen LogP) is 2.04. The molecule has 1 heterocycles. The van der Waals surface area contributed by atoms with Crippen molar-refractivity contribution in [2.24, 2.45) is 5.16 Å². The highest BCUT2D eigenvalue weighted by molar-refractivity contribution is 5.81. The highest BCUT2D eigenvalue weighted by Crippen LogP contribution is 2.14. The molecule has 0 fully saturated rings. The number of hydrogen-bond acceptors (Lipinski definition) is 4. The van der Waals surface area contributed by atoms with Crippen molar-refractivity contribution in [3.05, 3.63) is 23.4 Å². The van der Waals surface area contributed by atoms with Crippen LogP contribution in [0.2, 0.25) is 0 Å². The molecule has 0 aliphatic heterocycles. The van der Waals surface area contributed by atoms with E-state index < -0.39 is 0 Å². The van der Waals surface area contributed by atoms with Gasteiger partial charge >= 0.3 is 0 Å². The fraction of sp³-hybridized carbons (Fsp3) is 0.455. The van der Waals surface area contributed by atoms with Gasteiger partial charge in [-0.2, -0.15) is 0 Å². The van der Waals surface area contributed by atoms with Crippen LogP contribution < -0.4 is 4.90 Å². The fourth-order valence-electron chi connectivity index (χ4n) is 1.47. The molecule has 1 N–H and O–H groups in total. The number of anilines is 1. The summed E-state index contributed by atoms with van der Waals surface area (Å²) in [5.41, 5.74) is 1.90. The lowest BCUT2D eigenvalue weighted by Crippen LogP contribution is -2.23. The molecule has 0 spiro atoms. The monoisotopic (exact) mass is 207 g/mol. The zero-order valence-electron chi connectivity index (χ0n) is 9.44. The zero-order valence-corrected chi connectivity index (χ0v) is 9.44. The Kier molecular flexibility index (Phi) is 4.09. The second-order valence-electron chi connectivity index (χ2n) is 3.32. The van der Waals surface area contributed by atoms with Gasteiger partial charge in [-0.05, 0) is 32.4 Å². The van der Waals surface area contributed by atoms with Gasteiger partial charge in [0.1, 0.15) is 5.82 Å². The number of aromatic nitrogens is 1. The summed E-state index contributed by atoms with van der Waals surface area (Å²) >= 11 is 0. The van der Waals surface area contributed by atoms with E-state index in [1.165, 1.54) is 6.21 Å². The summed E-state index contributed by atoms with van der Waals surface area (Å²) in [7, 11) is 0. The van der Waals surface area contributed by atoms with Crippen LogP contribution in [0.1, 0.15) is 25.0 Å². The fourth-order valence-corrected chi connectivity index (χ4v) is 1.47. The van der Waals surface area contributed by atoms with Gasteiger partial charge in [0.2, 0.25) is 0 Å². The molecule has 0 radical (unpaired) electrons. The molecule has 0 atom stereocenters. The van der Waals surface area contributed by atoms with Crippen LogP contribution >= 0.6 is 0 Å². The molecule has 0 saturated carbocycles. The van der Waals surface area contributed by atoms with Crippen LogP contribution in [0.4, 0.5) is 5.82 Å². The maximum absolute atomic E-state index is 8.45. The molecular formula is C11H17N3O. The average Bonchev–Trinajstić information content (AvgIpc) is 2.24. The quantitative estimate of drug-likeness (QED) is 0.467. The molecule has 82 valence electrons. The number of pyridine rings is 1. The number of hydrogen-bond donors (Lipinski definition) is 1. The van der Waals surface area contributed by atoms with E-state index in [4.69, 9.17) is 5.21 Å². The SMILES string of the molecule is CCN(CC)c1cc(C)c(/C=N\O)cn1. The third kappa shape index (κ3) is 2.68. The molecule has 1 aromatic heterocycles. The molecule has 1 aromatic rings. The molecule has 4 nitrogen and oxygen atoms in total. The molecule has 0 saturated heterocycles. The van der Waals surface area contributed by atoms with Gasteiger partial charge in [0, 0.05) is 24.8 Å². The van der Waals surface area contributed by atoms with E-state index in [2.05, 4.69) is 28.9 Å². The summed E-state index contributed by atoms with van der Waals surface area (Å²) in [4.78, 5) is 6.50. The van der Waals surface area contributed by atoms with Gasteiger partial charge in [-0.15, -0.1) is 0 Å². The van der Waals surface area contributed by atoms with Crippen LogP contribution in [-0.2, 0) is 0 Å². The van der Waals surface area contributed by atoms with E-state index in [0.717, 1.165) is 30.0 Å². The Hall–Kier alpha value is -1.58. The van der Waals surface area contributed by atoms with Crippen molar-refractivity contribution in [2.75, 3.05) is 18.0 Å². The van der Waals surface area contributed by atoms with Crippen LogP contribution in [0, 0.1) is 6.92 Å². The van der Waals surface area contributed by atoms with Gasteiger partial charge in [-0.25, -0.2) is 4.98 Å². The Labute approximate surface area is 90.2 Å². The summed E-state index contributed by atoms with van der Waals surface area (Å²) in [6.45, 7) is 8.06. The first-order valence-electron chi connectivity index (χ1n) is 5.11. The molecule has 0 aliphatic carbocycles. The molecule has 0 aromatic carbocycles. The molecule has 0 bridgehead atoms. The Balaban J connectivity index is 2.99. The predicted molar refractivity (Wildman–Crippen MR) is 61.9 cm³/mol. The molecule has 1 rings (SSSR count). The summed E-state index contributed by atoms with van der Waals surface area (Å²) in [5.74, 6) is 0.965. The van der Waals surface area contributed by atoms with Gasteiger partial charge in [-0.1, -0.05) is 5.16 Å². The number of oxime groups is 1. The Morgan fingerprint density at radius 3 is 2.60 bits per heavy atom. The normalized spacial score (nSPS) is 10.9. The Bertz CT molecular complexity index is 346. The molecule has 0 unspecified atom stereocenters. The van der Waals surface area contributed by atoms with Crippen molar-refractivity contribution in [2.45, 2.75) is 20.8 Å². The maximum Gasteiger partial charge on any atom is 0.128 e. The van der Waals surface area contributed by atoms with Crippen LogP contribution in [0.25, 0.3) is 0 Å². The van der Waals surface area contributed by atoms with E-state index in [0.29, 0.717) is 0 Å². The van der Waals surface area contributed by atoms with Crippen molar-refractivity contribution in [1.82, 2.24) is 4.98 Å². The lowest BCUT2D eigenvalue weighted by atomic mass is 10.2. The van der Waals surface area contributed by atoms with Crippen molar-refractivity contribution in [3.8, 4) is 0 Å². The highest BCUT2D eigenvalue weighted by atomic mass is 16.4. The van der Waals surface area contributed by atoms with Crippen molar-refractivity contribution >= 4 is 12.0 Å². The minimum Gasteiger partial charge on any atom is -0.411 e. The topological polar surface area (TPSA) is 48.7 Å². The van der Waals surface area contributed by atoms with Gasteiger partial charge in [0.25, 0.3) is 0 Å². The van der Waals surface area contributed by atoms with Gasteiger partial charge in [-0.3, -0.25) is 0 Å². The van der Waals surface area contributed by atoms with Crippen LogP contribution in [0.15, 0.2) is 17.4 Å². The zero-order chi connectivity index (χ0) is 11.3. The summed E-state index contributed by atoms with van der Waals surface area (Å²) in [6, 6.07) is 2.00. The first-order chi connectivity index (χ1) is 7.22. The average molecular weight is 207 g/mol. The largest absolute Gasteiger partial charge is 0.411 e. The second kappa shape index (κ2) is 5.34. The van der Waals surface area contributed by atoms with E-state index in [1.54, 1.807) is 6.20 Å². The first kappa shape index (κ1) is 11.5. The second-order valence-corrected chi connectivity index (χ2v) is 3.32. The lowest BCUT2D eigenvalue weighted by molar-refractivity contribution is 0.322. The van der Waals surface area contributed by atoms with Crippen LogP contribution in [0.3, 0.4) is 0 Å². The van der Waals surface area contributed by atoms with Gasteiger partial charge in [0.05, 0.1) is 6.21 Å². The number of rotatable bonds is 4. The van der Waals surface area contributed by atoms with E-state index >= 15 is 0 Å². The lowest BCUT2D eigenvalue weighted by Gasteiger charge is -2.20. The van der Waals surface area contributed by atoms with Gasteiger partial charge < -0.3 is 10.1 Å². The third-order valence-electron chi connectivity index (χ3n) is 2.42. The van der Waals surface area contributed by atoms with Crippen molar-refractivity contribution in [3.63, 3.8) is 0 Å².